The van der Waals surface area contributed by atoms with E-state index in [-0.39, 0.29) is 12.0 Å². The molecule has 22 heavy (non-hydrogen) atoms. The highest BCUT2D eigenvalue weighted by Gasteiger charge is 2.52. The Kier molecular flexibility index (Phi) is 2.42. The van der Waals surface area contributed by atoms with Crippen LogP contribution in [0.25, 0.3) is 10.9 Å². The zero-order valence-corrected chi connectivity index (χ0v) is 12.8. The highest BCUT2D eigenvalue weighted by Crippen LogP contribution is 2.51. The largest absolute Gasteiger partial charge is 0.356 e. The van der Waals surface area contributed by atoms with E-state index in [0.29, 0.717) is 17.9 Å². The summed E-state index contributed by atoms with van der Waals surface area (Å²) in [6, 6.07) is 9.10. The molecule has 1 fully saturated rings. The number of hydrogen-bond acceptors (Lipinski definition) is 1. The Balaban J connectivity index is 1.73. The molecular formula is C19H20N2O. The van der Waals surface area contributed by atoms with Crippen LogP contribution in [0.15, 0.2) is 36.4 Å². The summed E-state index contributed by atoms with van der Waals surface area (Å²) in [5, 5.41) is 1.34. The van der Waals surface area contributed by atoms with Crippen molar-refractivity contribution in [1.82, 2.24) is 9.88 Å². The first kappa shape index (κ1) is 12.5. The molecule has 3 heterocycles. The smallest absolute Gasteiger partial charge is 0.227 e. The van der Waals surface area contributed by atoms with Crippen LogP contribution >= 0.6 is 0 Å². The van der Waals surface area contributed by atoms with Gasteiger partial charge in [0.05, 0.1) is 6.04 Å². The summed E-state index contributed by atoms with van der Waals surface area (Å²) >= 11 is 0. The Labute approximate surface area is 130 Å². The molecule has 0 bridgehead atoms. The van der Waals surface area contributed by atoms with Gasteiger partial charge in [0.15, 0.2) is 0 Å². The molecule has 4 atom stereocenters. The second-order valence-corrected chi connectivity index (χ2v) is 7.02. The zero-order valence-electron chi connectivity index (χ0n) is 12.8. The molecule has 0 spiro atoms. The summed E-state index contributed by atoms with van der Waals surface area (Å²) in [4.78, 5) is 18.7. The number of amides is 1. The van der Waals surface area contributed by atoms with Gasteiger partial charge in [0, 0.05) is 34.5 Å². The van der Waals surface area contributed by atoms with Crippen molar-refractivity contribution in [1.29, 1.82) is 0 Å². The number of hydrogen-bond donors (Lipinski definition) is 1. The molecule has 5 rings (SSSR count). The summed E-state index contributed by atoms with van der Waals surface area (Å²) in [6.45, 7) is 2.21. The minimum Gasteiger partial charge on any atom is -0.356 e. The van der Waals surface area contributed by atoms with Crippen molar-refractivity contribution >= 4 is 16.8 Å². The first-order valence-corrected chi connectivity index (χ1v) is 8.32. The number of carbonyl (C=O) groups is 1. The third-order valence-electron chi connectivity index (χ3n) is 5.88. The maximum Gasteiger partial charge on any atom is 0.227 e. The maximum atomic E-state index is 12.9. The quantitative estimate of drug-likeness (QED) is 0.740. The molecule has 3 nitrogen and oxygen atoms in total. The van der Waals surface area contributed by atoms with Crippen LogP contribution in [0.3, 0.4) is 0 Å². The lowest BCUT2D eigenvalue weighted by molar-refractivity contribution is -0.134. The molecule has 3 heteroatoms. The first-order valence-electron chi connectivity index (χ1n) is 8.32. The topological polar surface area (TPSA) is 36.1 Å². The average Bonchev–Trinajstić information content (AvgIpc) is 3.05. The molecule has 2 aliphatic heterocycles. The molecule has 112 valence electrons. The van der Waals surface area contributed by atoms with Crippen LogP contribution < -0.4 is 0 Å². The van der Waals surface area contributed by atoms with Gasteiger partial charge in [0.25, 0.3) is 0 Å². The Morgan fingerprint density at radius 3 is 2.91 bits per heavy atom. The van der Waals surface area contributed by atoms with Gasteiger partial charge in [-0.1, -0.05) is 30.4 Å². The maximum absolute atomic E-state index is 12.9. The van der Waals surface area contributed by atoms with E-state index in [1.54, 1.807) is 0 Å². The normalized spacial score (nSPS) is 33.0. The molecule has 2 aromatic rings. The van der Waals surface area contributed by atoms with Crippen LogP contribution in [-0.2, 0) is 11.2 Å². The molecule has 3 aliphatic rings. The van der Waals surface area contributed by atoms with Crippen molar-refractivity contribution in [2.75, 3.05) is 0 Å². The van der Waals surface area contributed by atoms with Crippen LogP contribution in [-0.4, -0.2) is 21.8 Å². The lowest BCUT2D eigenvalue weighted by Gasteiger charge is -2.37. The van der Waals surface area contributed by atoms with E-state index in [1.807, 2.05) is 0 Å². The standard InChI is InChI=1S/C19H20N2O/c1-11-10-15-12-6-4-5-9-16(12)20-17(15)18-13-7-2-3-8-14(13)19(22)21(11)18/h2-6,9,11,13-14,18,20H,7-8,10H2,1H3. The third kappa shape index (κ3) is 1.44. The van der Waals surface area contributed by atoms with Gasteiger partial charge in [-0.25, -0.2) is 0 Å². The number of allylic oxidation sites excluding steroid dienone is 2. The van der Waals surface area contributed by atoms with Crippen LogP contribution in [0.4, 0.5) is 0 Å². The highest BCUT2D eigenvalue weighted by atomic mass is 16.2. The first-order chi connectivity index (χ1) is 10.8. The van der Waals surface area contributed by atoms with Crippen molar-refractivity contribution in [3.63, 3.8) is 0 Å². The van der Waals surface area contributed by atoms with Crippen molar-refractivity contribution in [2.24, 2.45) is 11.8 Å². The summed E-state index contributed by atoms with van der Waals surface area (Å²) < 4.78 is 0. The van der Waals surface area contributed by atoms with Gasteiger partial charge in [-0.2, -0.15) is 0 Å². The van der Waals surface area contributed by atoms with Crippen molar-refractivity contribution in [3.8, 4) is 0 Å². The van der Waals surface area contributed by atoms with Gasteiger partial charge in [0.1, 0.15) is 0 Å². The number of nitrogens with zero attached hydrogens (tertiary/aromatic N) is 1. The van der Waals surface area contributed by atoms with Gasteiger partial charge in [-0.3, -0.25) is 4.79 Å². The molecule has 0 radical (unpaired) electrons. The summed E-state index contributed by atoms with van der Waals surface area (Å²) in [6.07, 6.45) is 7.36. The molecule has 1 aliphatic carbocycles. The van der Waals surface area contributed by atoms with E-state index in [0.717, 1.165) is 19.3 Å². The minimum atomic E-state index is 0.190. The highest BCUT2D eigenvalue weighted by molar-refractivity contribution is 5.88. The molecule has 4 unspecified atom stereocenters. The van der Waals surface area contributed by atoms with Gasteiger partial charge in [-0.15, -0.1) is 0 Å². The van der Waals surface area contributed by atoms with E-state index in [4.69, 9.17) is 0 Å². The minimum absolute atomic E-state index is 0.190. The van der Waals surface area contributed by atoms with E-state index in [2.05, 4.69) is 53.2 Å². The molecule has 1 saturated heterocycles. The van der Waals surface area contributed by atoms with Crippen LogP contribution in [0.2, 0.25) is 0 Å². The number of para-hydroxylation sites is 1. The Morgan fingerprint density at radius 2 is 2.00 bits per heavy atom. The molecule has 1 aromatic heterocycles. The summed E-state index contributed by atoms with van der Waals surface area (Å²) in [5.74, 6) is 0.998. The number of benzene rings is 1. The third-order valence-corrected chi connectivity index (χ3v) is 5.88. The second-order valence-electron chi connectivity index (χ2n) is 7.02. The van der Waals surface area contributed by atoms with Crippen LogP contribution in [0, 0.1) is 11.8 Å². The molecule has 1 amide bonds. The fourth-order valence-corrected chi connectivity index (χ4v) is 4.93. The zero-order chi connectivity index (χ0) is 14.8. The van der Waals surface area contributed by atoms with Crippen molar-refractivity contribution in [3.05, 3.63) is 47.7 Å². The Bertz CT molecular complexity index is 803. The molecule has 1 aromatic carbocycles. The fourth-order valence-electron chi connectivity index (χ4n) is 4.93. The number of aromatic amines is 1. The number of nitrogens with one attached hydrogen (secondary N) is 1. The molecular weight excluding hydrogens is 272 g/mol. The van der Waals surface area contributed by atoms with Crippen molar-refractivity contribution < 1.29 is 4.79 Å². The van der Waals surface area contributed by atoms with E-state index in [1.165, 1.54) is 22.2 Å². The summed E-state index contributed by atoms with van der Waals surface area (Å²) in [5.41, 5.74) is 3.95. The van der Waals surface area contributed by atoms with E-state index < -0.39 is 0 Å². The van der Waals surface area contributed by atoms with Crippen LogP contribution in [0.5, 0.6) is 0 Å². The number of fused-ring (bicyclic) bond motifs is 7. The van der Waals surface area contributed by atoms with E-state index >= 15 is 0 Å². The van der Waals surface area contributed by atoms with Gasteiger partial charge >= 0.3 is 0 Å². The van der Waals surface area contributed by atoms with Gasteiger partial charge in [-0.05, 0) is 37.8 Å². The number of aromatic nitrogens is 1. The number of H-pyrrole nitrogens is 1. The number of carbonyl (C=O) groups excluding carboxylic acids is 1. The van der Waals surface area contributed by atoms with E-state index in [9.17, 15) is 4.79 Å². The lowest BCUT2D eigenvalue weighted by Crippen LogP contribution is -2.42. The lowest BCUT2D eigenvalue weighted by atomic mass is 9.79. The Morgan fingerprint density at radius 1 is 1.18 bits per heavy atom. The van der Waals surface area contributed by atoms with Gasteiger partial charge < -0.3 is 9.88 Å². The predicted molar refractivity (Wildman–Crippen MR) is 86.4 cm³/mol. The Hall–Kier alpha value is -2.03. The fraction of sp³-hybridized carbons (Fsp3) is 0.421. The molecule has 0 saturated carbocycles. The monoisotopic (exact) mass is 292 g/mol. The predicted octanol–water partition coefficient (Wildman–Crippen LogP) is 3.58. The summed E-state index contributed by atoms with van der Waals surface area (Å²) in [7, 11) is 0. The number of rotatable bonds is 0. The SMILES string of the molecule is CC1Cc2c([nH]c3ccccc23)C2C3CC=CCC3C(=O)N12. The molecule has 1 N–H and O–H groups in total. The average molecular weight is 292 g/mol. The van der Waals surface area contributed by atoms with Crippen molar-refractivity contribution in [2.45, 2.75) is 38.3 Å². The van der Waals surface area contributed by atoms with Gasteiger partial charge in [0.2, 0.25) is 5.91 Å². The second kappa shape index (κ2) is 4.25. The van der Waals surface area contributed by atoms with Crippen LogP contribution in [0.1, 0.15) is 37.1 Å².